The molecule has 0 fully saturated rings. The van der Waals surface area contributed by atoms with Crippen molar-refractivity contribution in [1.29, 1.82) is 0 Å². The maximum Gasteiger partial charge on any atom is 2.00 e. The Morgan fingerprint density at radius 2 is 1.94 bits per heavy atom. The fraction of sp³-hybridized carbons (Fsp3) is 0.130. The number of benzene rings is 2. The molecule has 2 aromatic heterocycles. The first-order valence-electron chi connectivity index (χ1n) is 9.49. The number of imidazole rings is 1. The van der Waals surface area contributed by atoms with Gasteiger partial charge in [0.05, 0.1) is 29.0 Å². The van der Waals surface area contributed by atoms with Crippen LogP contribution in [0.25, 0.3) is 11.0 Å². The molecule has 1 amide bonds. The summed E-state index contributed by atoms with van der Waals surface area (Å²) in [6, 6.07) is 17.3. The SMILES string of the molecule is CC(=O)C1=C(O)C(=O)N(c2ccc3nc[nH]c3c2)C1c1cc[c-]cc1.Cn1c[c-]cn1.[U+2]. The van der Waals surface area contributed by atoms with E-state index < -0.39 is 17.7 Å². The van der Waals surface area contributed by atoms with E-state index in [9.17, 15) is 14.7 Å². The number of carbonyl (C=O) groups excluding carboxylic acids is 2. The first-order chi connectivity index (χ1) is 15.0. The van der Waals surface area contributed by atoms with Crippen LogP contribution in [0.15, 0.2) is 72.5 Å². The number of aryl methyl sites for hydroxylation is 1. The Balaban J connectivity index is 0.000000360. The molecule has 4 aromatic rings. The number of fused-ring (bicyclic) bond motifs is 1. The molecule has 0 aliphatic carbocycles. The first-order valence-corrected chi connectivity index (χ1v) is 9.49. The Hall–Kier alpha value is -3.15. The number of hydrogen-bond donors (Lipinski definition) is 2. The Morgan fingerprint density at radius 3 is 2.53 bits per heavy atom. The van der Waals surface area contributed by atoms with Gasteiger partial charge in [-0.2, -0.15) is 36.5 Å². The third-order valence-electron chi connectivity index (χ3n) is 4.90. The van der Waals surface area contributed by atoms with Gasteiger partial charge in [-0.1, -0.05) is 0 Å². The molecule has 0 bridgehead atoms. The van der Waals surface area contributed by atoms with Crippen LogP contribution in [-0.4, -0.2) is 36.5 Å². The largest absolute Gasteiger partial charge is 2.00 e. The molecule has 2 aromatic carbocycles. The van der Waals surface area contributed by atoms with Crippen LogP contribution in [0.5, 0.6) is 0 Å². The molecular formula is C23H19N5O3U. The Morgan fingerprint density at radius 1 is 1.19 bits per heavy atom. The smallest absolute Gasteiger partial charge is 0.503 e. The summed E-state index contributed by atoms with van der Waals surface area (Å²) in [5.74, 6) is -1.44. The standard InChI is InChI=1S/C19H14N3O3.C4H5N2.U/c1-11(23)16-17(12-5-3-2-4-6-12)22(19(25)18(16)24)13-7-8-14-15(9-13)21-10-20-14;1-6-4-2-3-5-6;/h3-10,17,24H,1H3,(H,20,21);3-4H,1H3;/q2*-1;+2. The summed E-state index contributed by atoms with van der Waals surface area (Å²) >= 11 is 0. The van der Waals surface area contributed by atoms with Crippen molar-refractivity contribution in [3.8, 4) is 0 Å². The molecule has 0 spiro atoms. The molecule has 158 valence electrons. The maximum atomic E-state index is 12.7. The second kappa shape index (κ2) is 9.98. The molecule has 0 saturated carbocycles. The quantitative estimate of drug-likeness (QED) is 0.332. The van der Waals surface area contributed by atoms with Crippen molar-refractivity contribution in [3.63, 3.8) is 0 Å². The van der Waals surface area contributed by atoms with Crippen LogP contribution >= 0.6 is 0 Å². The molecule has 0 radical (unpaired) electrons. The predicted molar refractivity (Wildman–Crippen MR) is 114 cm³/mol. The van der Waals surface area contributed by atoms with Crippen LogP contribution in [0.1, 0.15) is 18.5 Å². The van der Waals surface area contributed by atoms with Gasteiger partial charge < -0.3 is 20.8 Å². The molecule has 1 unspecified atom stereocenters. The van der Waals surface area contributed by atoms with Gasteiger partial charge in [0, 0.05) is 12.7 Å². The third kappa shape index (κ3) is 4.54. The van der Waals surface area contributed by atoms with Gasteiger partial charge in [0.2, 0.25) is 0 Å². The summed E-state index contributed by atoms with van der Waals surface area (Å²) in [4.78, 5) is 33.4. The summed E-state index contributed by atoms with van der Waals surface area (Å²) in [7, 11) is 1.86. The van der Waals surface area contributed by atoms with Crippen LogP contribution in [0.3, 0.4) is 0 Å². The number of H-pyrrole nitrogens is 1. The fourth-order valence-corrected chi connectivity index (χ4v) is 3.50. The van der Waals surface area contributed by atoms with Crippen LogP contribution in [0.4, 0.5) is 5.69 Å². The van der Waals surface area contributed by atoms with Crippen molar-refractivity contribution < 1.29 is 45.8 Å². The predicted octanol–water partition coefficient (Wildman–Crippen LogP) is 3.07. The number of Topliss-reactive ketones (excluding diaryl/α,β-unsaturated/α-hetero) is 1. The average molecular weight is 651 g/mol. The van der Waals surface area contributed by atoms with E-state index in [1.807, 2.05) is 7.05 Å². The van der Waals surface area contributed by atoms with Gasteiger partial charge >= 0.3 is 31.1 Å². The van der Waals surface area contributed by atoms with E-state index in [0.717, 1.165) is 16.6 Å². The van der Waals surface area contributed by atoms with E-state index in [-0.39, 0.29) is 42.5 Å². The average Bonchev–Trinajstić information content (AvgIpc) is 3.49. The molecule has 1 aliphatic rings. The molecule has 8 nitrogen and oxygen atoms in total. The normalized spacial score (nSPS) is 15.4. The van der Waals surface area contributed by atoms with E-state index in [4.69, 9.17) is 0 Å². The van der Waals surface area contributed by atoms with Gasteiger partial charge in [-0.25, -0.2) is 10.1 Å². The van der Waals surface area contributed by atoms with E-state index in [1.54, 1.807) is 65.9 Å². The summed E-state index contributed by atoms with van der Waals surface area (Å²) in [6.07, 6.45) is 4.96. The number of ketones is 1. The number of nitrogens with zero attached hydrogens (tertiary/aromatic N) is 4. The van der Waals surface area contributed by atoms with Gasteiger partial charge in [0.15, 0.2) is 11.5 Å². The van der Waals surface area contributed by atoms with Crippen LogP contribution in [0.2, 0.25) is 0 Å². The zero-order chi connectivity index (χ0) is 22.0. The molecule has 3 heterocycles. The topological polar surface area (TPSA) is 104 Å². The number of carbonyl (C=O) groups is 2. The number of anilines is 1. The van der Waals surface area contributed by atoms with Gasteiger partial charge in [-0.05, 0) is 25.1 Å². The minimum Gasteiger partial charge on any atom is -0.503 e. The first kappa shape index (κ1) is 23.5. The maximum absolute atomic E-state index is 12.7. The minimum absolute atomic E-state index is 0. The van der Waals surface area contributed by atoms with Crippen molar-refractivity contribution in [2.75, 3.05) is 4.90 Å². The third-order valence-corrected chi connectivity index (χ3v) is 4.90. The van der Waals surface area contributed by atoms with E-state index >= 15 is 0 Å². The van der Waals surface area contributed by atoms with Crippen molar-refractivity contribution in [1.82, 2.24) is 19.7 Å². The zero-order valence-corrected chi connectivity index (χ0v) is 21.6. The monoisotopic (exact) mass is 651 g/mol. The fourth-order valence-electron chi connectivity index (χ4n) is 3.50. The summed E-state index contributed by atoms with van der Waals surface area (Å²) < 4.78 is 1.69. The molecule has 2 N–H and O–H groups in total. The second-order valence-corrected chi connectivity index (χ2v) is 6.95. The van der Waals surface area contributed by atoms with E-state index in [0.29, 0.717) is 5.69 Å². The number of aliphatic hydroxyl groups excluding tert-OH is 1. The van der Waals surface area contributed by atoms with Gasteiger partial charge in [-0.15, -0.1) is 11.8 Å². The van der Waals surface area contributed by atoms with Crippen molar-refractivity contribution in [3.05, 3.63) is 90.2 Å². The Labute approximate surface area is 208 Å². The molecule has 1 aliphatic heterocycles. The van der Waals surface area contributed by atoms with Crippen LogP contribution in [-0.2, 0) is 16.6 Å². The summed E-state index contributed by atoms with van der Waals surface area (Å²) in [6.45, 7) is 1.35. The summed E-state index contributed by atoms with van der Waals surface area (Å²) in [5, 5.41) is 14.1. The van der Waals surface area contributed by atoms with Gasteiger partial charge in [-0.3, -0.25) is 14.5 Å². The molecule has 5 rings (SSSR count). The molecular weight excluding hydrogens is 632 g/mol. The van der Waals surface area contributed by atoms with Crippen molar-refractivity contribution in [2.45, 2.75) is 13.0 Å². The van der Waals surface area contributed by atoms with E-state index in [2.05, 4.69) is 27.2 Å². The van der Waals surface area contributed by atoms with Crippen LogP contribution in [0, 0.1) is 43.2 Å². The number of aromatic nitrogens is 4. The summed E-state index contributed by atoms with van der Waals surface area (Å²) in [5.41, 5.74) is 2.93. The number of rotatable bonds is 3. The molecule has 32 heavy (non-hydrogen) atoms. The number of aromatic amines is 1. The number of amides is 1. The number of hydrogen-bond acceptors (Lipinski definition) is 5. The van der Waals surface area contributed by atoms with Crippen molar-refractivity contribution in [2.24, 2.45) is 7.05 Å². The Bertz CT molecular complexity index is 1270. The second-order valence-electron chi connectivity index (χ2n) is 6.95. The number of aliphatic hydroxyl groups is 1. The molecule has 0 saturated heterocycles. The van der Waals surface area contributed by atoms with Crippen LogP contribution < -0.4 is 4.90 Å². The van der Waals surface area contributed by atoms with E-state index in [1.165, 1.54) is 11.8 Å². The number of nitrogens with one attached hydrogen (secondary N) is 1. The Kier molecular flexibility index (Phi) is 7.34. The van der Waals surface area contributed by atoms with Gasteiger partial charge in [0.1, 0.15) is 0 Å². The zero-order valence-electron chi connectivity index (χ0n) is 17.4. The molecule has 9 heteroatoms. The van der Waals surface area contributed by atoms with Crippen molar-refractivity contribution >= 4 is 28.4 Å². The minimum atomic E-state index is -0.681. The van der Waals surface area contributed by atoms with Gasteiger partial charge in [0.25, 0.3) is 5.91 Å². The molecule has 1 atom stereocenters.